The van der Waals surface area contributed by atoms with Crippen molar-refractivity contribution in [2.75, 3.05) is 11.9 Å². The molecule has 3 rings (SSSR count). The van der Waals surface area contributed by atoms with Crippen molar-refractivity contribution in [1.82, 2.24) is 0 Å². The van der Waals surface area contributed by atoms with Crippen molar-refractivity contribution >= 4 is 16.5 Å². The molecular formula is C12H12ClNO4. The lowest BCUT2D eigenvalue weighted by Gasteiger charge is -2.04. The zero-order valence-corrected chi connectivity index (χ0v) is 10.2. The maximum atomic E-state index is 8.60. The number of nitrogens with one attached hydrogen (secondary N) is 1. The van der Waals surface area contributed by atoms with Crippen LogP contribution in [-0.4, -0.2) is 11.2 Å². The normalized spacial score (nSPS) is 13.6. The molecule has 0 amide bonds. The highest BCUT2D eigenvalue weighted by Crippen LogP contribution is 2.30. The van der Waals surface area contributed by atoms with Gasteiger partial charge in [0, 0.05) is 17.6 Å². The Kier molecular flexibility index (Phi) is 3.70. The van der Waals surface area contributed by atoms with Crippen molar-refractivity contribution in [1.29, 1.82) is 0 Å². The van der Waals surface area contributed by atoms with E-state index in [1.807, 2.05) is 0 Å². The average molecular weight is 270 g/mol. The SMILES string of the molecule is [O-][Cl+3]([O-])([O-])O.c1ccc2c3c(ccc2c1)CCN3. The summed E-state index contributed by atoms with van der Waals surface area (Å²) in [4.78, 5) is 0. The quantitative estimate of drug-likeness (QED) is 0.618. The monoisotopic (exact) mass is 269 g/mol. The number of halogens is 1. The Hall–Kier alpha value is -1.37. The van der Waals surface area contributed by atoms with Gasteiger partial charge in [0.2, 0.25) is 0 Å². The van der Waals surface area contributed by atoms with Crippen molar-refractivity contribution in [3.8, 4) is 0 Å². The fourth-order valence-electron chi connectivity index (χ4n) is 2.06. The van der Waals surface area contributed by atoms with Crippen LogP contribution in [-0.2, 0) is 6.42 Å². The molecular weight excluding hydrogens is 258 g/mol. The van der Waals surface area contributed by atoms with Gasteiger partial charge in [-0.25, -0.2) is 0 Å². The summed E-state index contributed by atoms with van der Waals surface area (Å²) in [7, 11) is -4.69. The van der Waals surface area contributed by atoms with Crippen molar-refractivity contribution in [2.24, 2.45) is 0 Å². The van der Waals surface area contributed by atoms with Crippen LogP contribution in [0.25, 0.3) is 10.8 Å². The Morgan fingerprint density at radius 2 is 1.72 bits per heavy atom. The molecule has 0 radical (unpaired) electrons. The molecule has 2 aromatic carbocycles. The van der Waals surface area contributed by atoms with E-state index in [-0.39, 0.29) is 0 Å². The second-order valence-corrected chi connectivity index (χ2v) is 4.69. The number of fused-ring (bicyclic) bond motifs is 3. The summed E-state index contributed by atoms with van der Waals surface area (Å²) in [6.07, 6.45) is 1.17. The molecule has 2 N–H and O–H groups in total. The van der Waals surface area contributed by atoms with E-state index < -0.39 is 10.2 Å². The maximum absolute atomic E-state index is 8.60. The van der Waals surface area contributed by atoms with Crippen LogP contribution < -0.4 is 19.3 Å². The summed E-state index contributed by atoms with van der Waals surface area (Å²) in [6.45, 7) is 1.09. The molecule has 0 aromatic heterocycles. The molecule has 6 heteroatoms. The molecule has 96 valence electrons. The van der Waals surface area contributed by atoms with Crippen molar-refractivity contribution in [3.63, 3.8) is 0 Å². The summed E-state index contributed by atoms with van der Waals surface area (Å²) in [5.74, 6) is 0. The average Bonchev–Trinajstić information content (AvgIpc) is 2.75. The summed E-state index contributed by atoms with van der Waals surface area (Å²) >= 11 is 0. The Bertz CT molecular complexity index is 547. The summed E-state index contributed by atoms with van der Waals surface area (Å²) in [6, 6.07) is 13.0. The van der Waals surface area contributed by atoms with Crippen LogP contribution in [0.3, 0.4) is 0 Å². The molecule has 2 aromatic rings. The third-order valence-corrected chi connectivity index (χ3v) is 2.71. The first-order valence-electron chi connectivity index (χ1n) is 5.33. The van der Waals surface area contributed by atoms with Crippen LogP contribution in [0.5, 0.6) is 0 Å². The Labute approximate surface area is 106 Å². The fourth-order valence-corrected chi connectivity index (χ4v) is 2.06. The lowest BCUT2D eigenvalue weighted by molar-refractivity contribution is -1.92. The topological polar surface area (TPSA) is 101 Å². The van der Waals surface area contributed by atoms with Gasteiger partial charge in [0.05, 0.1) is 14.9 Å². The van der Waals surface area contributed by atoms with Gasteiger partial charge in [-0.2, -0.15) is 14.0 Å². The smallest absolute Gasteiger partial charge is 0.0777 e. The minimum Gasteiger partial charge on any atom is -0.384 e. The lowest BCUT2D eigenvalue weighted by Crippen LogP contribution is -2.58. The summed E-state index contributed by atoms with van der Waals surface area (Å²) in [5, 5.41) is 6.13. The van der Waals surface area contributed by atoms with E-state index >= 15 is 0 Å². The number of anilines is 1. The molecule has 0 atom stereocenters. The van der Waals surface area contributed by atoms with Crippen molar-refractivity contribution < 1.29 is 28.9 Å². The molecule has 0 spiro atoms. The van der Waals surface area contributed by atoms with Gasteiger partial charge < -0.3 is 5.32 Å². The van der Waals surface area contributed by atoms with E-state index in [1.54, 1.807) is 0 Å². The summed E-state index contributed by atoms with van der Waals surface area (Å²) in [5.41, 5.74) is 2.80. The van der Waals surface area contributed by atoms with Crippen molar-refractivity contribution in [3.05, 3.63) is 42.0 Å². The second kappa shape index (κ2) is 5.09. The van der Waals surface area contributed by atoms with Gasteiger partial charge in [-0.1, -0.05) is 36.4 Å². The molecule has 1 heterocycles. The Balaban J connectivity index is 0.000000209. The summed E-state index contributed by atoms with van der Waals surface area (Å²) < 4.78 is 32.7. The maximum Gasteiger partial charge on any atom is 0.0777 e. The van der Waals surface area contributed by atoms with Gasteiger partial charge in [0.1, 0.15) is 0 Å². The van der Waals surface area contributed by atoms with Crippen LogP contribution in [0.15, 0.2) is 36.4 Å². The molecule has 5 nitrogen and oxygen atoms in total. The molecule has 0 bridgehead atoms. The minimum atomic E-state index is -4.69. The molecule has 0 saturated heterocycles. The first-order chi connectivity index (χ1) is 8.45. The van der Waals surface area contributed by atoms with Gasteiger partial charge in [0.15, 0.2) is 0 Å². The molecule has 0 aliphatic carbocycles. The first-order valence-corrected chi connectivity index (χ1v) is 6.59. The lowest BCUT2D eigenvalue weighted by atomic mass is 10.0. The number of rotatable bonds is 0. The highest BCUT2D eigenvalue weighted by molar-refractivity contribution is 5.96. The molecule has 0 fully saturated rings. The second-order valence-electron chi connectivity index (χ2n) is 3.89. The van der Waals surface area contributed by atoms with E-state index in [1.165, 1.54) is 28.4 Å². The molecule has 1 aliphatic rings. The highest BCUT2D eigenvalue weighted by atomic mass is 35.7. The Morgan fingerprint density at radius 3 is 2.44 bits per heavy atom. The number of hydrogen-bond acceptors (Lipinski definition) is 5. The predicted molar refractivity (Wildman–Crippen MR) is 58.4 cm³/mol. The van der Waals surface area contributed by atoms with Crippen LogP contribution in [0.4, 0.5) is 5.69 Å². The predicted octanol–water partition coefficient (Wildman–Crippen LogP) is -1.32. The van der Waals surface area contributed by atoms with E-state index in [9.17, 15) is 0 Å². The minimum absolute atomic E-state index is 1.09. The molecule has 0 saturated carbocycles. The van der Waals surface area contributed by atoms with Crippen LogP contribution >= 0.6 is 0 Å². The van der Waals surface area contributed by atoms with E-state index in [0.29, 0.717) is 0 Å². The number of benzene rings is 2. The van der Waals surface area contributed by atoms with Gasteiger partial charge in [-0.15, -0.1) is 0 Å². The van der Waals surface area contributed by atoms with Gasteiger partial charge in [0.25, 0.3) is 0 Å². The van der Waals surface area contributed by atoms with Gasteiger partial charge in [-0.3, -0.25) is 0 Å². The third-order valence-electron chi connectivity index (χ3n) is 2.71. The zero-order chi connectivity index (χ0) is 13.2. The molecule has 1 aliphatic heterocycles. The molecule has 0 unspecified atom stereocenters. The highest BCUT2D eigenvalue weighted by Gasteiger charge is 2.11. The third kappa shape index (κ3) is 3.32. The van der Waals surface area contributed by atoms with E-state index in [2.05, 4.69) is 41.7 Å². The standard InChI is InChI=1S/C12H11N.ClHO4/c1-2-4-11-9(3-1)5-6-10-7-8-13-12(10)11;2-1(3,4)5/h1-6,13H,7-8H2;(H,2,3,4,5). The largest absolute Gasteiger partial charge is 0.384 e. The van der Waals surface area contributed by atoms with Gasteiger partial charge in [-0.05, 0) is 17.4 Å². The van der Waals surface area contributed by atoms with Crippen LogP contribution in [0.1, 0.15) is 5.56 Å². The first kappa shape index (κ1) is 13.1. The Morgan fingerprint density at radius 1 is 1.06 bits per heavy atom. The van der Waals surface area contributed by atoms with Crippen molar-refractivity contribution in [2.45, 2.75) is 6.42 Å². The zero-order valence-electron chi connectivity index (χ0n) is 9.43. The van der Waals surface area contributed by atoms with E-state index in [4.69, 9.17) is 18.6 Å². The van der Waals surface area contributed by atoms with E-state index in [0.717, 1.165) is 6.54 Å². The van der Waals surface area contributed by atoms with Crippen LogP contribution in [0, 0.1) is 10.2 Å². The van der Waals surface area contributed by atoms with Crippen LogP contribution in [0.2, 0.25) is 0 Å². The number of hydrogen-bond donors (Lipinski definition) is 2. The van der Waals surface area contributed by atoms with Gasteiger partial charge >= 0.3 is 0 Å². The fraction of sp³-hybridized carbons (Fsp3) is 0.167. The molecule has 18 heavy (non-hydrogen) atoms.